The molecule has 0 aliphatic heterocycles. The van der Waals surface area contributed by atoms with Gasteiger partial charge < -0.3 is 14.7 Å². The minimum atomic E-state index is -1.15. The van der Waals surface area contributed by atoms with E-state index in [0.29, 0.717) is 10.8 Å². The zero-order valence-corrected chi connectivity index (χ0v) is 21.5. The number of nitrogens with zero attached hydrogens (tertiary/aromatic N) is 2. The van der Waals surface area contributed by atoms with Gasteiger partial charge in [-0.1, -0.05) is 18.8 Å². The van der Waals surface area contributed by atoms with E-state index in [-0.39, 0.29) is 40.3 Å². The number of ether oxygens (including phenoxy) is 1. The molecular formula is C25H36N2O5S. The Morgan fingerprint density at radius 3 is 2.30 bits per heavy atom. The average Bonchev–Trinajstić information content (AvgIpc) is 3.15. The highest BCUT2D eigenvalue weighted by Crippen LogP contribution is 2.36. The highest BCUT2D eigenvalue weighted by molar-refractivity contribution is 7.15. The lowest BCUT2D eigenvalue weighted by molar-refractivity contribution is -0.134. The Kier molecular flexibility index (Phi) is 9.10. The number of methoxy groups -OCH3 is 1. The smallest absolute Gasteiger partial charge is 0.348 e. The van der Waals surface area contributed by atoms with E-state index in [1.54, 1.807) is 20.2 Å². The SMILES string of the molecule is COC[C@H](C(=O)N(C)C)N(C(=O)C1CCC(C)CC1)c1cc(C#CC(C)(C)C)sc1C(=O)O. The summed E-state index contributed by atoms with van der Waals surface area (Å²) in [6.45, 7) is 8.04. The molecule has 0 radical (unpaired) electrons. The number of aromatic carboxylic acids is 1. The quantitative estimate of drug-likeness (QED) is 0.599. The number of rotatable bonds is 7. The van der Waals surface area contributed by atoms with Crippen LogP contribution in [0, 0.1) is 29.1 Å². The van der Waals surface area contributed by atoms with Gasteiger partial charge in [0, 0.05) is 32.5 Å². The van der Waals surface area contributed by atoms with Crippen LogP contribution < -0.4 is 4.90 Å². The second-order valence-electron chi connectivity index (χ2n) is 10.00. The second kappa shape index (κ2) is 11.2. The van der Waals surface area contributed by atoms with Crippen molar-refractivity contribution in [3.05, 3.63) is 15.8 Å². The molecular weight excluding hydrogens is 440 g/mol. The van der Waals surface area contributed by atoms with Crippen LogP contribution in [0.5, 0.6) is 0 Å². The zero-order chi connectivity index (χ0) is 24.9. The van der Waals surface area contributed by atoms with Gasteiger partial charge in [-0.15, -0.1) is 11.3 Å². The van der Waals surface area contributed by atoms with E-state index in [1.165, 1.54) is 16.9 Å². The van der Waals surface area contributed by atoms with Gasteiger partial charge in [-0.25, -0.2) is 4.79 Å². The lowest BCUT2D eigenvalue weighted by Crippen LogP contribution is -2.54. The topological polar surface area (TPSA) is 87.2 Å². The second-order valence-corrected chi connectivity index (χ2v) is 11.1. The Labute approximate surface area is 201 Å². The van der Waals surface area contributed by atoms with Gasteiger partial charge in [0.05, 0.1) is 17.2 Å². The van der Waals surface area contributed by atoms with Crippen molar-refractivity contribution in [2.45, 2.75) is 59.4 Å². The number of carbonyl (C=O) groups is 3. The third-order valence-corrected chi connectivity index (χ3v) is 6.72. The fourth-order valence-corrected chi connectivity index (χ4v) is 4.72. The van der Waals surface area contributed by atoms with E-state index in [1.807, 2.05) is 20.8 Å². The fourth-order valence-electron chi connectivity index (χ4n) is 3.88. The molecule has 1 heterocycles. The van der Waals surface area contributed by atoms with E-state index < -0.39 is 12.0 Å². The molecule has 0 aromatic carbocycles. The van der Waals surface area contributed by atoms with Crippen LogP contribution in [0.3, 0.4) is 0 Å². The molecule has 1 N–H and O–H groups in total. The lowest BCUT2D eigenvalue weighted by Gasteiger charge is -2.36. The minimum Gasteiger partial charge on any atom is -0.477 e. The van der Waals surface area contributed by atoms with Gasteiger partial charge in [-0.05, 0) is 58.4 Å². The first kappa shape index (κ1) is 26.9. The monoisotopic (exact) mass is 476 g/mol. The first-order valence-electron chi connectivity index (χ1n) is 11.3. The number of thiophene rings is 1. The van der Waals surface area contributed by atoms with Crippen molar-refractivity contribution in [2.75, 3.05) is 32.7 Å². The first-order valence-corrected chi connectivity index (χ1v) is 12.1. The fraction of sp³-hybridized carbons (Fsp3) is 0.640. The Balaban J connectivity index is 2.64. The lowest BCUT2D eigenvalue weighted by atomic mass is 9.82. The highest BCUT2D eigenvalue weighted by atomic mass is 32.1. The molecule has 1 fully saturated rings. The zero-order valence-electron chi connectivity index (χ0n) is 20.7. The number of carbonyl (C=O) groups excluding carboxylic acids is 2. The summed E-state index contributed by atoms with van der Waals surface area (Å²) in [6, 6.07) is 0.662. The molecule has 1 atom stereocenters. The Bertz CT molecular complexity index is 927. The number of likely N-dealkylation sites (N-methyl/N-ethyl adjacent to an activating group) is 1. The molecule has 1 saturated carbocycles. The number of anilines is 1. The normalized spacial score (nSPS) is 19.2. The van der Waals surface area contributed by atoms with Gasteiger partial charge in [0.2, 0.25) is 11.8 Å². The number of hydrogen-bond acceptors (Lipinski definition) is 5. The first-order chi connectivity index (χ1) is 15.4. The molecule has 0 spiro atoms. The molecule has 1 aromatic heterocycles. The molecule has 1 aliphatic carbocycles. The van der Waals surface area contributed by atoms with Gasteiger partial charge in [0.1, 0.15) is 10.9 Å². The molecule has 0 bridgehead atoms. The summed E-state index contributed by atoms with van der Waals surface area (Å²) in [5.41, 5.74) is -0.0482. The summed E-state index contributed by atoms with van der Waals surface area (Å²) < 4.78 is 5.32. The van der Waals surface area contributed by atoms with Gasteiger partial charge in [-0.2, -0.15) is 0 Å². The third kappa shape index (κ3) is 7.05. The van der Waals surface area contributed by atoms with Crippen LogP contribution >= 0.6 is 11.3 Å². The minimum absolute atomic E-state index is 0.00149. The number of carboxylic acids is 1. The number of carboxylic acid groups (broad SMARTS) is 1. The molecule has 7 nitrogen and oxygen atoms in total. The molecule has 182 valence electrons. The maximum Gasteiger partial charge on any atom is 0.348 e. The van der Waals surface area contributed by atoms with Crippen LogP contribution in [-0.2, 0) is 14.3 Å². The number of hydrogen-bond donors (Lipinski definition) is 1. The van der Waals surface area contributed by atoms with Gasteiger partial charge >= 0.3 is 5.97 Å². The number of amides is 2. The third-order valence-electron chi connectivity index (χ3n) is 5.69. The van der Waals surface area contributed by atoms with Crippen LogP contribution in [0.4, 0.5) is 5.69 Å². The molecule has 33 heavy (non-hydrogen) atoms. The van der Waals surface area contributed by atoms with Crippen molar-refractivity contribution < 1.29 is 24.2 Å². The maximum absolute atomic E-state index is 13.8. The molecule has 1 aliphatic rings. The van der Waals surface area contributed by atoms with Crippen molar-refractivity contribution >= 4 is 34.8 Å². The summed E-state index contributed by atoms with van der Waals surface area (Å²) in [4.78, 5) is 42.4. The van der Waals surface area contributed by atoms with Crippen LogP contribution in [0.25, 0.3) is 0 Å². The Morgan fingerprint density at radius 2 is 1.82 bits per heavy atom. The van der Waals surface area contributed by atoms with Crippen molar-refractivity contribution in [3.8, 4) is 11.8 Å². The summed E-state index contributed by atoms with van der Waals surface area (Å²) in [7, 11) is 4.69. The van der Waals surface area contributed by atoms with Crippen molar-refractivity contribution in [3.63, 3.8) is 0 Å². The predicted molar refractivity (Wildman–Crippen MR) is 131 cm³/mol. The van der Waals surface area contributed by atoms with Gasteiger partial charge in [0.15, 0.2) is 0 Å². The summed E-state index contributed by atoms with van der Waals surface area (Å²) in [5, 5.41) is 9.94. The predicted octanol–water partition coefficient (Wildman–Crippen LogP) is 4.11. The molecule has 1 aromatic rings. The Morgan fingerprint density at radius 1 is 1.21 bits per heavy atom. The van der Waals surface area contributed by atoms with Gasteiger partial charge in [0.25, 0.3) is 0 Å². The average molecular weight is 477 g/mol. The van der Waals surface area contributed by atoms with Gasteiger partial charge in [-0.3, -0.25) is 14.5 Å². The van der Waals surface area contributed by atoms with E-state index >= 15 is 0 Å². The van der Waals surface area contributed by atoms with Crippen molar-refractivity contribution in [2.24, 2.45) is 17.3 Å². The highest BCUT2D eigenvalue weighted by Gasteiger charge is 2.39. The largest absolute Gasteiger partial charge is 0.477 e. The van der Waals surface area contributed by atoms with Crippen LogP contribution in [-0.4, -0.2) is 61.6 Å². The van der Waals surface area contributed by atoms with E-state index in [2.05, 4.69) is 18.8 Å². The van der Waals surface area contributed by atoms with Crippen molar-refractivity contribution in [1.29, 1.82) is 0 Å². The summed E-state index contributed by atoms with van der Waals surface area (Å²) in [5.74, 6) is 4.75. The molecule has 0 saturated heterocycles. The van der Waals surface area contributed by atoms with Crippen LogP contribution in [0.15, 0.2) is 6.07 Å². The Hall–Kier alpha value is -2.37. The van der Waals surface area contributed by atoms with Crippen LogP contribution in [0.2, 0.25) is 0 Å². The van der Waals surface area contributed by atoms with Crippen LogP contribution in [0.1, 0.15) is 67.9 Å². The maximum atomic E-state index is 13.8. The van der Waals surface area contributed by atoms with E-state index in [4.69, 9.17) is 4.74 Å². The van der Waals surface area contributed by atoms with E-state index in [0.717, 1.165) is 37.0 Å². The summed E-state index contributed by atoms with van der Waals surface area (Å²) in [6.07, 6.45) is 3.29. The van der Waals surface area contributed by atoms with Crippen molar-refractivity contribution in [1.82, 2.24) is 4.90 Å². The molecule has 2 rings (SSSR count). The molecule has 8 heteroatoms. The van der Waals surface area contributed by atoms with E-state index in [9.17, 15) is 19.5 Å². The molecule has 0 unspecified atom stereocenters. The standard InChI is InChI=1S/C25H36N2O5S/c1-16-8-10-17(11-9-16)22(28)27(20(15-32-7)23(29)26(5)6)19-14-18(12-13-25(2,3)4)33-21(19)24(30)31/h14,16-17,20H,8-11,15H2,1-7H3,(H,30,31)/t16?,17?,20-/m1/s1. The summed E-state index contributed by atoms with van der Waals surface area (Å²) >= 11 is 1.02. The molecule has 2 amide bonds.